The maximum atomic E-state index is 13.3. The fourth-order valence-electron chi connectivity index (χ4n) is 3.40. The van der Waals surface area contributed by atoms with E-state index in [-0.39, 0.29) is 11.6 Å². The third-order valence-corrected chi connectivity index (χ3v) is 4.83. The van der Waals surface area contributed by atoms with Gasteiger partial charge in [-0.25, -0.2) is 4.68 Å². The predicted molar refractivity (Wildman–Crippen MR) is 107 cm³/mol. The molecular weight excluding hydrogens is 372 g/mol. The Morgan fingerprint density at radius 1 is 1.21 bits per heavy atom. The number of hydrogen-bond acceptors (Lipinski definition) is 6. The quantitative estimate of drug-likeness (QED) is 0.521. The number of nitro groups is 1. The van der Waals surface area contributed by atoms with Gasteiger partial charge >= 0.3 is 0 Å². The van der Waals surface area contributed by atoms with Crippen LogP contribution in [0.1, 0.15) is 24.1 Å². The minimum Gasteiger partial charge on any atom is -0.328 e. The average molecular weight is 390 g/mol. The molecule has 2 heterocycles. The molecule has 9 heteroatoms. The summed E-state index contributed by atoms with van der Waals surface area (Å²) < 4.78 is 1.55. The molecule has 1 aliphatic heterocycles. The number of aryl methyl sites for hydroxylation is 1. The van der Waals surface area contributed by atoms with Crippen LogP contribution >= 0.6 is 0 Å². The molecule has 0 bridgehead atoms. The molecule has 0 radical (unpaired) electrons. The number of anilines is 2. The van der Waals surface area contributed by atoms with Gasteiger partial charge in [0.25, 0.3) is 11.6 Å². The predicted octanol–water partition coefficient (Wildman–Crippen LogP) is 3.42. The molecule has 3 aromatic rings. The van der Waals surface area contributed by atoms with Gasteiger partial charge in [-0.3, -0.25) is 14.9 Å². The Labute approximate surface area is 166 Å². The molecule has 1 amide bonds. The molecule has 0 saturated heterocycles. The molecule has 146 valence electrons. The van der Waals surface area contributed by atoms with Crippen LogP contribution in [-0.2, 0) is 4.79 Å². The van der Waals surface area contributed by atoms with Crippen LogP contribution in [-0.4, -0.2) is 25.6 Å². The van der Waals surface area contributed by atoms with Gasteiger partial charge in [0.15, 0.2) is 0 Å². The standard InChI is InChI=1S/C20H18N6O3/c1-12-6-3-4-9-16(12)24-19(27)17-13(2)23-20-21-11-22-25(20)18(17)14-7-5-8-15(10-14)26(28)29/h3-11,18H,1-2H3,(H,24,27)(H,21,22,23)/t18-/m0/s1. The highest BCUT2D eigenvalue weighted by Crippen LogP contribution is 2.36. The summed E-state index contributed by atoms with van der Waals surface area (Å²) in [5.74, 6) is 0.147. The first-order chi connectivity index (χ1) is 14.0. The van der Waals surface area contributed by atoms with Crippen molar-refractivity contribution in [3.8, 4) is 0 Å². The van der Waals surface area contributed by atoms with Crippen molar-refractivity contribution in [1.29, 1.82) is 0 Å². The lowest BCUT2D eigenvalue weighted by Gasteiger charge is -2.28. The van der Waals surface area contributed by atoms with Crippen molar-refractivity contribution in [1.82, 2.24) is 14.8 Å². The summed E-state index contributed by atoms with van der Waals surface area (Å²) in [6.45, 7) is 3.68. The van der Waals surface area contributed by atoms with Crippen LogP contribution in [0.15, 0.2) is 66.1 Å². The van der Waals surface area contributed by atoms with Crippen molar-refractivity contribution in [2.24, 2.45) is 0 Å². The summed E-state index contributed by atoms with van der Waals surface area (Å²) in [6.07, 6.45) is 1.38. The molecule has 2 N–H and O–H groups in total. The van der Waals surface area contributed by atoms with Gasteiger partial charge in [0.2, 0.25) is 5.95 Å². The number of nitrogens with zero attached hydrogens (tertiary/aromatic N) is 4. The van der Waals surface area contributed by atoms with E-state index >= 15 is 0 Å². The van der Waals surface area contributed by atoms with E-state index in [4.69, 9.17) is 0 Å². The summed E-state index contributed by atoms with van der Waals surface area (Å²) >= 11 is 0. The Kier molecular flexibility index (Phi) is 4.55. The zero-order valence-electron chi connectivity index (χ0n) is 15.8. The normalized spacial score (nSPS) is 15.4. The van der Waals surface area contributed by atoms with Crippen molar-refractivity contribution in [2.45, 2.75) is 19.9 Å². The van der Waals surface area contributed by atoms with Crippen LogP contribution < -0.4 is 10.6 Å². The molecule has 0 fully saturated rings. The van der Waals surface area contributed by atoms with Crippen LogP contribution in [0.25, 0.3) is 0 Å². The number of hydrogen-bond donors (Lipinski definition) is 2. The zero-order valence-corrected chi connectivity index (χ0v) is 15.8. The van der Waals surface area contributed by atoms with E-state index in [1.165, 1.54) is 18.5 Å². The fourth-order valence-corrected chi connectivity index (χ4v) is 3.40. The number of nitro benzene ring substituents is 1. The number of benzene rings is 2. The second-order valence-electron chi connectivity index (χ2n) is 6.72. The topological polar surface area (TPSA) is 115 Å². The summed E-state index contributed by atoms with van der Waals surface area (Å²) in [5.41, 5.74) is 3.15. The molecule has 0 spiro atoms. The number of amides is 1. The van der Waals surface area contributed by atoms with Gasteiger partial charge in [0.1, 0.15) is 12.4 Å². The van der Waals surface area contributed by atoms with E-state index in [0.29, 0.717) is 28.5 Å². The van der Waals surface area contributed by atoms with Crippen LogP contribution in [0.2, 0.25) is 0 Å². The van der Waals surface area contributed by atoms with E-state index in [1.54, 1.807) is 23.7 Å². The minimum atomic E-state index is -0.655. The Morgan fingerprint density at radius 3 is 2.76 bits per heavy atom. The van der Waals surface area contributed by atoms with Crippen molar-refractivity contribution < 1.29 is 9.72 Å². The van der Waals surface area contributed by atoms with E-state index in [1.807, 2.05) is 31.2 Å². The first-order valence-corrected chi connectivity index (χ1v) is 8.94. The monoisotopic (exact) mass is 390 g/mol. The Bertz CT molecular complexity index is 1150. The highest BCUT2D eigenvalue weighted by molar-refractivity contribution is 6.06. The fraction of sp³-hybridized carbons (Fsp3) is 0.150. The Balaban J connectivity index is 1.80. The summed E-state index contributed by atoms with van der Waals surface area (Å²) in [7, 11) is 0. The number of carbonyl (C=O) groups excluding carboxylic acids is 1. The Morgan fingerprint density at radius 2 is 2.00 bits per heavy atom. The minimum absolute atomic E-state index is 0.0565. The molecule has 0 saturated carbocycles. The molecular formula is C20H18N6O3. The van der Waals surface area contributed by atoms with Crippen LogP contribution in [0.4, 0.5) is 17.3 Å². The van der Waals surface area contributed by atoms with Crippen LogP contribution in [0, 0.1) is 17.0 Å². The van der Waals surface area contributed by atoms with Gasteiger partial charge in [-0.15, -0.1) is 0 Å². The molecule has 1 atom stereocenters. The lowest BCUT2D eigenvalue weighted by Crippen LogP contribution is -2.31. The van der Waals surface area contributed by atoms with E-state index in [0.717, 1.165) is 5.56 Å². The van der Waals surface area contributed by atoms with Gasteiger partial charge in [-0.05, 0) is 31.0 Å². The molecule has 1 aliphatic rings. The van der Waals surface area contributed by atoms with Crippen molar-refractivity contribution in [2.75, 3.05) is 10.6 Å². The average Bonchev–Trinajstić information content (AvgIpc) is 3.16. The first-order valence-electron chi connectivity index (χ1n) is 8.94. The van der Waals surface area contributed by atoms with Crippen molar-refractivity contribution in [3.05, 3.63) is 87.4 Å². The van der Waals surface area contributed by atoms with Gasteiger partial charge in [0, 0.05) is 23.5 Å². The third-order valence-electron chi connectivity index (χ3n) is 4.83. The van der Waals surface area contributed by atoms with Gasteiger partial charge < -0.3 is 10.6 Å². The van der Waals surface area contributed by atoms with E-state index in [2.05, 4.69) is 20.7 Å². The first kappa shape index (κ1) is 18.4. The second kappa shape index (κ2) is 7.19. The number of fused-ring (bicyclic) bond motifs is 1. The third kappa shape index (κ3) is 3.33. The van der Waals surface area contributed by atoms with E-state index < -0.39 is 11.0 Å². The SMILES string of the molecule is CC1=C(C(=O)Nc2ccccc2C)[C@H](c2cccc([N+](=O)[O-])c2)n2ncnc2N1. The highest BCUT2D eigenvalue weighted by atomic mass is 16.6. The smallest absolute Gasteiger partial charge is 0.269 e. The molecule has 1 aromatic heterocycles. The Hall–Kier alpha value is -4.01. The van der Waals surface area contributed by atoms with Gasteiger partial charge in [-0.2, -0.15) is 10.1 Å². The maximum absolute atomic E-state index is 13.3. The number of para-hydroxylation sites is 1. The van der Waals surface area contributed by atoms with Crippen molar-refractivity contribution >= 4 is 23.2 Å². The molecule has 0 aliphatic carbocycles. The van der Waals surface area contributed by atoms with Crippen molar-refractivity contribution in [3.63, 3.8) is 0 Å². The number of non-ortho nitro benzene ring substituents is 1. The summed E-state index contributed by atoms with van der Waals surface area (Å²) in [4.78, 5) is 28.2. The van der Waals surface area contributed by atoms with Crippen LogP contribution in [0.5, 0.6) is 0 Å². The largest absolute Gasteiger partial charge is 0.328 e. The lowest BCUT2D eigenvalue weighted by molar-refractivity contribution is -0.384. The number of allylic oxidation sites excluding steroid dienone is 1. The number of rotatable bonds is 4. The number of nitrogens with one attached hydrogen (secondary N) is 2. The molecule has 29 heavy (non-hydrogen) atoms. The summed E-state index contributed by atoms with van der Waals surface area (Å²) in [6, 6.07) is 13.0. The second-order valence-corrected chi connectivity index (χ2v) is 6.72. The maximum Gasteiger partial charge on any atom is 0.269 e. The molecule has 4 rings (SSSR count). The van der Waals surface area contributed by atoms with Gasteiger partial charge in [-0.1, -0.05) is 30.3 Å². The molecule has 0 unspecified atom stereocenters. The van der Waals surface area contributed by atoms with Crippen LogP contribution in [0.3, 0.4) is 0 Å². The highest BCUT2D eigenvalue weighted by Gasteiger charge is 2.34. The van der Waals surface area contributed by atoms with Gasteiger partial charge in [0.05, 0.1) is 10.5 Å². The molecule has 2 aromatic carbocycles. The lowest BCUT2D eigenvalue weighted by atomic mass is 9.94. The van der Waals surface area contributed by atoms with E-state index in [9.17, 15) is 14.9 Å². The summed E-state index contributed by atoms with van der Waals surface area (Å²) in [5, 5.41) is 21.5. The number of aromatic nitrogens is 3. The number of carbonyl (C=O) groups is 1. The molecule has 9 nitrogen and oxygen atoms in total. The zero-order chi connectivity index (χ0) is 20.5.